The van der Waals surface area contributed by atoms with Crippen molar-refractivity contribution in [1.82, 2.24) is 0 Å². The monoisotopic (exact) mass is 407 g/mol. The molecule has 0 radical (unpaired) electrons. The van der Waals surface area contributed by atoms with Crippen molar-refractivity contribution in [1.29, 1.82) is 0 Å². The third kappa shape index (κ3) is 3.86. The van der Waals surface area contributed by atoms with Gasteiger partial charge in [-0.05, 0) is 30.3 Å². The smallest absolute Gasteiger partial charge is 0.363 e. The third-order valence-electron chi connectivity index (χ3n) is 3.81. The molecule has 1 aliphatic rings. The number of hydrogen-bond acceptors (Lipinski definition) is 6. The van der Waals surface area contributed by atoms with Gasteiger partial charge in [0.05, 0.1) is 31.9 Å². The molecular formula is C19H15Cl2NO5. The number of ether oxygens (including phenoxy) is 4. The van der Waals surface area contributed by atoms with Gasteiger partial charge in [0.1, 0.15) is 5.75 Å². The number of carbonyl (C=O) groups is 1. The summed E-state index contributed by atoms with van der Waals surface area (Å²) >= 11 is 12.1. The van der Waals surface area contributed by atoms with Crippen molar-refractivity contribution < 1.29 is 23.7 Å². The van der Waals surface area contributed by atoms with E-state index in [2.05, 4.69) is 4.99 Å². The number of nitrogens with zero attached hydrogens (tertiary/aromatic N) is 1. The number of benzene rings is 2. The van der Waals surface area contributed by atoms with Gasteiger partial charge in [-0.2, -0.15) is 0 Å². The third-order valence-corrected chi connectivity index (χ3v) is 4.36. The van der Waals surface area contributed by atoms with E-state index in [1.54, 1.807) is 36.4 Å². The van der Waals surface area contributed by atoms with E-state index < -0.39 is 5.97 Å². The predicted molar refractivity (Wildman–Crippen MR) is 103 cm³/mol. The van der Waals surface area contributed by atoms with Gasteiger partial charge in [-0.25, -0.2) is 9.79 Å². The van der Waals surface area contributed by atoms with Crippen molar-refractivity contribution in [2.24, 2.45) is 4.99 Å². The molecule has 1 aliphatic heterocycles. The molecule has 0 saturated carbocycles. The first-order valence-electron chi connectivity index (χ1n) is 7.74. The van der Waals surface area contributed by atoms with Crippen LogP contribution in [0, 0.1) is 0 Å². The summed E-state index contributed by atoms with van der Waals surface area (Å²) in [6.07, 6.45) is 1.54. The number of rotatable bonds is 5. The summed E-state index contributed by atoms with van der Waals surface area (Å²) in [6, 6.07) is 8.16. The van der Waals surface area contributed by atoms with Gasteiger partial charge in [-0.1, -0.05) is 23.2 Å². The fourth-order valence-corrected chi connectivity index (χ4v) is 2.99. The second-order valence-electron chi connectivity index (χ2n) is 5.41. The lowest BCUT2D eigenvalue weighted by atomic mass is 10.1. The van der Waals surface area contributed by atoms with Crippen molar-refractivity contribution in [3.63, 3.8) is 0 Å². The van der Waals surface area contributed by atoms with Crippen molar-refractivity contribution in [3.8, 4) is 17.2 Å². The largest absolute Gasteiger partial charge is 0.496 e. The molecule has 0 saturated heterocycles. The van der Waals surface area contributed by atoms with Crippen LogP contribution >= 0.6 is 23.2 Å². The Morgan fingerprint density at radius 3 is 2.26 bits per heavy atom. The normalized spacial score (nSPS) is 14.8. The quantitative estimate of drug-likeness (QED) is 0.543. The molecular weight excluding hydrogens is 393 g/mol. The molecule has 0 aliphatic carbocycles. The second-order valence-corrected chi connectivity index (χ2v) is 6.25. The number of hydrogen-bond donors (Lipinski definition) is 0. The lowest BCUT2D eigenvalue weighted by Crippen LogP contribution is -2.06. The highest BCUT2D eigenvalue weighted by molar-refractivity contribution is 6.37. The fourth-order valence-electron chi connectivity index (χ4n) is 2.50. The standard InChI is InChI=1S/C19H15Cl2NO5/c1-24-15-9-17(26-3)16(25-2)7-10(15)6-14-19(23)27-18(22-14)12-5-4-11(20)8-13(12)21/h4-9H,1-3H3/b14-6+. The van der Waals surface area contributed by atoms with Crippen LogP contribution in [0.2, 0.25) is 10.0 Å². The maximum atomic E-state index is 12.2. The summed E-state index contributed by atoms with van der Waals surface area (Å²) < 4.78 is 21.2. The molecule has 27 heavy (non-hydrogen) atoms. The van der Waals surface area contributed by atoms with Crippen LogP contribution in [0.5, 0.6) is 17.2 Å². The van der Waals surface area contributed by atoms with E-state index in [-0.39, 0.29) is 11.6 Å². The lowest BCUT2D eigenvalue weighted by molar-refractivity contribution is -0.129. The van der Waals surface area contributed by atoms with Crippen LogP contribution < -0.4 is 14.2 Å². The molecule has 2 aromatic carbocycles. The number of halogens is 2. The topological polar surface area (TPSA) is 66.3 Å². The minimum absolute atomic E-state index is 0.0986. The molecule has 1 heterocycles. The average Bonchev–Trinajstić information content (AvgIpc) is 3.01. The number of methoxy groups -OCH3 is 3. The molecule has 6 nitrogen and oxygen atoms in total. The Labute approximate surface area is 165 Å². The molecule has 0 spiro atoms. The minimum atomic E-state index is -0.604. The summed E-state index contributed by atoms with van der Waals surface area (Å²) in [5.74, 6) is 0.977. The highest BCUT2D eigenvalue weighted by Crippen LogP contribution is 2.36. The van der Waals surface area contributed by atoms with Crippen LogP contribution in [0.25, 0.3) is 6.08 Å². The fraction of sp³-hybridized carbons (Fsp3) is 0.158. The number of carbonyl (C=O) groups excluding carboxylic acids is 1. The first-order valence-corrected chi connectivity index (χ1v) is 8.50. The van der Waals surface area contributed by atoms with Gasteiger partial charge >= 0.3 is 5.97 Å². The molecule has 0 bridgehead atoms. The maximum absolute atomic E-state index is 12.2. The Balaban J connectivity index is 2.04. The molecule has 140 valence electrons. The molecule has 0 N–H and O–H groups in total. The van der Waals surface area contributed by atoms with E-state index in [9.17, 15) is 4.79 Å². The minimum Gasteiger partial charge on any atom is -0.496 e. The first-order chi connectivity index (χ1) is 13.0. The van der Waals surface area contributed by atoms with Crippen LogP contribution in [0.3, 0.4) is 0 Å². The Kier molecular flexibility index (Phi) is 5.58. The van der Waals surface area contributed by atoms with Gasteiger partial charge < -0.3 is 18.9 Å². The van der Waals surface area contributed by atoms with Crippen LogP contribution in [0.1, 0.15) is 11.1 Å². The molecule has 0 amide bonds. The number of cyclic esters (lactones) is 1. The molecule has 8 heteroatoms. The number of aliphatic imine (C=N–C) groups is 1. The van der Waals surface area contributed by atoms with E-state index in [4.69, 9.17) is 42.1 Å². The van der Waals surface area contributed by atoms with Crippen molar-refractivity contribution in [2.45, 2.75) is 0 Å². The SMILES string of the molecule is COc1cc(OC)c(OC)cc1/C=C1/N=C(c2ccc(Cl)cc2Cl)OC1=O. The van der Waals surface area contributed by atoms with Gasteiger partial charge in [-0.3, -0.25) is 0 Å². The van der Waals surface area contributed by atoms with E-state index in [0.29, 0.717) is 38.4 Å². The Hall–Kier alpha value is -2.70. The van der Waals surface area contributed by atoms with Crippen LogP contribution in [0.4, 0.5) is 0 Å². The highest BCUT2D eigenvalue weighted by Gasteiger charge is 2.26. The summed E-state index contributed by atoms with van der Waals surface area (Å²) in [6.45, 7) is 0. The lowest BCUT2D eigenvalue weighted by Gasteiger charge is -2.12. The highest BCUT2D eigenvalue weighted by atomic mass is 35.5. The molecule has 0 fully saturated rings. The van der Waals surface area contributed by atoms with Crippen LogP contribution in [0.15, 0.2) is 41.0 Å². The van der Waals surface area contributed by atoms with Gasteiger partial charge in [0.2, 0.25) is 5.90 Å². The molecule has 0 atom stereocenters. The van der Waals surface area contributed by atoms with Crippen LogP contribution in [-0.2, 0) is 9.53 Å². The summed E-state index contributed by atoms with van der Waals surface area (Å²) in [7, 11) is 4.55. The van der Waals surface area contributed by atoms with E-state index in [1.807, 2.05) is 0 Å². The zero-order valence-electron chi connectivity index (χ0n) is 14.7. The van der Waals surface area contributed by atoms with E-state index >= 15 is 0 Å². The van der Waals surface area contributed by atoms with Gasteiger partial charge in [0.25, 0.3) is 0 Å². The van der Waals surface area contributed by atoms with E-state index in [1.165, 1.54) is 21.3 Å². The Bertz CT molecular complexity index is 969. The molecule has 0 unspecified atom stereocenters. The van der Waals surface area contributed by atoms with Gasteiger partial charge in [0.15, 0.2) is 17.2 Å². The first kappa shape index (κ1) is 19.1. The zero-order chi connectivity index (χ0) is 19.6. The Morgan fingerprint density at radius 2 is 1.63 bits per heavy atom. The average molecular weight is 408 g/mol. The number of esters is 1. The molecule has 3 rings (SSSR count). The van der Waals surface area contributed by atoms with E-state index in [0.717, 1.165) is 0 Å². The van der Waals surface area contributed by atoms with Gasteiger partial charge in [-0.15, -0.1) is 0 Å². The zero-order valence-corrected chi connectivity index (χ0v) is 16.2. The Morgan fingerprint density at radius 1 is 0.963 bits per heavy atom. The molecule has 0 aromatic heterocycles. The van der Waals surface area contributed by atoms with Crippen LogP contribution in [-0.4, -0.2) is 33.2 Å². The van der Waals surface area contributed by atoms with Gasteiger partial charge in [0, 0.05) is 16.7 Å². The van der Waals surface area contributed by atoms with Crippen molar-refractivity contribution in [2.75, 3.05) is 21.3 Å². The van der Waals surface area contributed by atoms with Crippen molar-refractivity contribution in [3.05, 3.63) is 57.2 Å². The maximum Gasteiger partial charge on any atom is 0.363 e. The van der Waals surface area contributed by atoms with Crippen molar-refractivity contribution >= 4 is 41.1 Å². The predicted octanol–water partition coefficient (Wildman–Crippen LogP) is 4.36. The molecule has 2 aromatic rings. The summed E-state index contributed by atoms with van der Waals surface area (Å²) in [4.78, 5) is 16.5. The second kappa shape index (κ2) is 7.90. The summed E-state index contributed by atoms with van der Waals surface area (Å²) in [5, 5.41) is 0.804. The summed E-state index contributed by atoms with van der Waals surface area (Å²) in [5.41, 5.74) is 1.15.